The van der Waals surface area contributed by atoms with Crippen LogP contribution in [0.5, 0.6) is 0 Å². The van der Waals surface area contributed by atoms with Crippen LogP contribution in [0.25, 0.3) is 0 Å². The second-order valence-corrected chi connectivity index (χ2v) is 3.30. The zero-order chi connectivity index (χ0) is 11.3. The summed E-state index contributed by atoms with van der Waals surface area (Å²) in [7, 11) is 0. The smallest absolute Gasteiger partial charge is 0.329 e. The number of esters is 1. The molecule has 1 atom stereocenters. The van der Waals surface area contributed by atoms with Crippen molar-refractivity contribution in [3.05, 3.63) is 0 Å². The Morgan fingerprint density at radius 2 is 2.27 bits per heavy atom. The maximum absolute atomic E-state index is 11.3. The van der Waals surface area contributed by atoms with E-state index >= 15 is 0 Å². The van der Waals surface area contributed by atoms with Gasteiger partial charge in [0.15, 0.2) is 0 Å². The summed E-state index contributed by atoms with van der Waals surface area (Å²) in [4.78, 5) is 33.2. The van der Waals surface area contributed by atoms with Crippen molar-refractivity contribution >= 4 is 17.9 Å². The molecular formula is C9H14N2O4. The Morgan fingerprint density at radius 3 is 2.87 bits per heavy atom. The summed E-state index contributed by atoms with van der Waals surface area (Å²) < 4.78 is 4.88. The fourth-order valence-electron chi connectivity index (χ4n) is 1.17. The van der Waals surface area contributed by atoms with Crippen molar-refractivity contribution < 1.29 is 19.1 Å². The molecule has 0 aromatic carbocycles. The Kier molecular flexibility index (Phi) is 4.08. The van der Waals surface area contributed by atoms with Gasteiger partial charge in [-0.05, 0) is 6.42 Å². The lowest BCUT2D eigenvalue weighted by molar-refractivity contribution is -0.148. The molecule has 1 rings (SSSR count). The molecule has 15 heavy (non-hydrogen) atoms. The molecule has 6 nitrogen and oxygen atoms in total. The second-order valence-electron chi connectivity index (χ2n) is 3.30. The molecular weight excluding hydrogens is 200 g/mol. The minimum atomic E-state index is -0.844. The van der Waals surface area contributed by atoms with Crippen molar-refractivity contribution in [3.8, 4) is 0 Å². The molecule has 0 aliphatic carbocycles. The van der Waals surface area contributed by atoms with Crippen molar-refractivity contribution in [2.24, 2.45) is 0 Å². The molecule has 1 unspecified atom stereocenters. The summed E-state index contributed by atoms with van der Waals surface area (Å²) in [5.41, 5.74) is 0. The Labute approximate surface area is 87.4 Å². The third-order valence-electron chi connectivity index (χ3n) is 1.97. The SMILES string of the molecule is CCCCOC(=O)C1CC(=O)NC(=O)N1. The summed E-state index contributed by atoms with van der Waals surface area (Å²) >= 11 is 0. The summed E-state index contributed by atoms with van der Waals surface area (Å²) in [5.74, 6) is -1.01. The lowest BCUT2D eigenvalue weighted by Gasteiger charge is -2.21. The fourth-order valence-corrected chi connectivity index (χ4v) is 1.17. The van der Waals surface area contributed by atoms with E-state index < -0.39 is 23.9 Å². The highest BCUT2D eigenvalue weighted by molar-refractivity contribution is 6.01. The molecule has 3 amide bonds. The zero-order valence-corrected chi connectivity index (χ0v) is 8.54. The van der Waals surface area contributed by atoms with E-state index in [4.69, 9.17) is 4.74 Å². The second kappa shape index (κ2) is 5.33. The number of urea groups is 1. The highest BCUT2D eigenvalue weighted by Crippen LogP contribution is 2.01. The normalized spacial score (nSPS) is 20.5. The number of unbranched alkanes of at least 4 members (excludes halogenated alkanes) is 1. The van der Waals surface area contributed by atoms with Gasteiger partial charge in [-0.1, -0.05) is 13.3 Å². The molecule has 0 radical (unpaired) electrons. The summed E-state index contributed by atoms with van der Waals surface area (Å²) in [6.45, 7) is 2.30. The number of hydrogen-bond acceptors (Lipinski definition) is 4. The van der Waals surface area contributed by atoms with Crippen molar-refractivity contribution in [2.75, 3.05) is 6.61 Å². The van der Waals surface area contributed by atoms with E-state index in [9.17, 15) is 14.4 Å². The van der Waals surface area contributed by atoms with Crippen molar-refractivity contribution in [2.45, 2.75) is 32.2 Å². The first kappa shape index (κ1) is 11.5. The van der Waals surface area contributed by atoms with Crippen LogP contribution in [0.15, 0.2) is 0 Å². The largest absolute Gasteiger partial charge is 0.464 e. The Morgan fingerprint density at radius 1 is 1.53 bits per heavy atom. The van der Waals surface area contributed by atoms with Gasteiger partial charge in [0.1, 0.15) is 6.04 Å². The highest BCUT2D eigenvalue weighted by Gasteiger charge is 2.30. The minimum absolute atomic E-state index is 0.0588. The molecule has 0 saturated carbocycles. The van der Waals surface area contributed by atoms with E-state index in [2.05, 4.69) is 5.32 Å². The van der Waals surface area contributed by atoms with Gasteiger partial charge in [-0.3, -0.25) is 10.1 Å². The fraction of sp³-hybridized carbons (Fsp3) is 0.667. The summed E-state index contributed by atoms with van der Waals surface area (Å²) in [6.07, 6.45) is 1.64. The average molecular weight is 214 g/mol. The lowest BCUT2D eigenvalue weighted by atomic mass is 10.1. The van der Waals surface area contributed by atoms with Crippen LogP contribution >= 0.6 is 0 Å². The van der Waals surface area contributed by atoms with Crippen LogP contribution in [0.3, 0.4) is 0 Å². The van der Waals surface area contributed by atoms with Gasteiger partial charge in [0, 0.05) is 0 Å². The van der Waals surface area contributed by atoms with Gasteiger partial charge in [-0.15, -0.1) is 0 Å². The highest BCUT2D eigenvalue weighted by atomic mass is 16.5. The number of amides is 3. The van der Waals surface area contributed by atoms with Gasteiger partial charge in [0.2, 0.25) is 5.91 Å². The Balaban J connectivity index is 2.38. The number of carbonyl (C=O) groups is 3. The van der Waals surface area contributed by atoms with Gasteiger partial charge in [-0.25, -0.2) is 9.59 Å². The van der Waals surface area contributed by atoms with E-state index in [1.807, 2.05) is 12.2 Å². The Hall–Kier alpha value is -1.59. The van der Waals surface area contributed by atoms with Crippen LogP contribution in [-0.2, 0) is 14.3 Å². The maximum Gasteiger partial charge on any atom is 0.329 e. The molecule has 1 aliphatic heterocycles. The quantitative estimate of drug-likeness (QED) is 0.506. The molecule has 1 fully saturated rings. The predicted molar refractivity (Wildman–Crippen MR) is 50.9 cm³/mol. The molecule has 0 bridgehead atoms. The molecule has 6 heteroatoms. The zero-order valence-electron chi connectivity index (χ0n) is 8.54. The third kappa shape index (κ3) is 3.57. The summed E-state index contributed by atoms with van der Waals surface area (Å²) in [5, 5.41) is 4.36. The number of hydrogen-bond donors (Lipinski definition) is 2. The van der Waals surface area contributed by atoms with Gasteiger partial charge in [-0.2, -0.15) is 0 Å². The molecule has 0 aromatic heterocycles. The van der Waals surface area contributed by atoms with Crippen molar-refractivity contribution in [3.63, 3.8) is 0 Å². The van der Waals surface area contributed by atoms with Crippen LogP contribution in [0.2, 0.25) is 0 Å². The molecule has 0 spiro atoms. The van der Waals surface area contributed by atoms with Crippen molar-refractivity contribution in [1.29, 1.82) is 0 Å². The monoisotopic (exact) mass is 214 g/mol. The Bertz CT molecular complexity index is 261. The number of ether oxygens (including phenoxy) is 1. The van der Waals surface area contributed by atoms with Crippen LogP contribution in [0.1, 0.15) is 26.2 Å². The minimum Gasteiger partial charge on any atom is -0.464 e. The maximum atomic E-state index is 11.3. The van der Waals surface area contributed by atoms with E-state index in [0.717, 1.165) is 12.8 Å². The summed E-state index contributed by atoms with van der Waals surface area (Å²) in [6, 6.07) is -1.49. The number of imide groups is 1. The first-order valence-electron chi connectivity index (χ1n) is 4.90. The van der Waals surface area contributed by atoms with Gasteiger partial charge < -0.3 is 10.1 Å². The van der Waals surface area contributed by atoms with E-state index in [0.29, 0.717) is 6.61 Å². The van der Waals surface area contributed by atoms with E-state index in [1.54, 1.807) is 0 Å². The molecule has 1 heterocycles. The average Bonchev–Trinajstić information content (AvgIpc) is 2.16. The lowest BCUT2D eigenvalue weighted by Crippen LogP contribution is -2.55. The van der Waals surface area contributed by atoms with Gasteiger partial charge in [0.05, 0.1) is 13.0 Å². The van der Waals surface area contributed by atoms with Crippen LogP contribution < -0.4 is 10.6 Å². The van der Waals surface area contributed by atoms with E-state index in [1.165, 1.54) is 0 Å². The number of nitrogens with one attached hydrogen (secondary N) is 2. The number of rotatable bonds is 4. The van der Waals surface area contributed by atoms with Crippen LogP contribution in [-0.4, -0.2) is 30.6 Å². The third-order valence-corrected chi connectivity index (χ3v) is 1.97. The molecule has 1 saturated heterocycles. The van der Waals surface area contributed by atoms with Crippen LogP contribution in [0.4, 0.5) is 4.79 Å². The molecule has 1 aliphatic rings. The van der Waals surface area contributed by atoms with E-state index in [-0.39, 0.29) is 6.42 Å². The molecule has 0 aromatic rings. The molecule has 2 N–H and O–H groups in total. The van der Waals surface area contributed by atoms with Gasteiger partial charge in [0.25, 0.3) is 0 Å². The number of carbonyl (C=O) groups excluding carboxylic acids is 3. The topological polar surface area (TPSA) is 84.5 Å². The first-order chi connectivity index (χ1) is 7.13. The van der Waals surface area contributed by atoms with Crippen LogP contribution in [0, 0.1) is 0 Å². The predicted octanol–water partition coefficient (Wildman–Crippen LogP) is -0.0722. The van der Waals surface area contributed by atoms with Crippen molar-refractivity contribution in [1.82, 2.24) is 10.6 Å². The molecule has 84 valence electrons. The first-order valence-corrected chi connectivity index (χ1v) is 4.90. The van der Waals surface area contributed by atoms with Gasteiger partial charge >= 0.3 is 12.0 Å². The standard InChI is InChI=1S/C9H14N2O4/c1-2-3-4-15-8(13)6-5-7(12)11-9(14)10-6/h6H,2-5H2,1H3,(H2,10,11,12,14).